The lowest BCUT2D eigenvalue weighted by Crippen LogP contribution is -2.14. The molecule has 50 valence electrons. The van der Waals surface area contributed by atoms with Crippen LogP contribution in [0.2, 0.25) is 0 Å². The van der Waals surface area contributed by atoms with Gasteiger partial charge in [-0.1, -0.05) is 6.92 Å². The second-order valence-electron chi connectivity index (χ2n) is 1.98. The molecule has 0 spiro atoms. The predicted molar refractivity (Wildman–Crippen MR) is 32.4 cm³/mol. The van der Waals surface area contributed by atoms with Crippen LogP contribution in [0.5, 0.6) is 0 Å². The van der Waals surface area contributed by atoms with E-state index in [-0.39, 0.29) is 12.1 Å². The van der Waals surface area contributed by atoms with Crippen LogP contribution in [-0.2, 0) is 9.53 Å². The molecular formula is C6H9NO2. The number of carbonyl (C=O) groups is 1. The van der Waals surface area contributed by atoms with Crippen molar-refractivity contribution in [3.8, 4) is 0 Å². The van der Waals surface area contributed by atoms with E-state index in [1.165, 1.54) is 6.08 Å². The van der Waals surface area contributed by atoms with Crippen LogP contribution in [-0.4, -0.2) is 12.1 Å². The molecule has 3 nitrogen and oxygen atoms in total. The molecule has 1 unspecified atom stereocenters. The zero-order chi connectivity index (χ0) is 6.85. The van der Waals surface area contributed by atoms with E-state index < -0.39 is 0 Å². The van der Waals surface area contributed by atoms with Gasteiger partial charge in [-0.15, -0.1) is 0 Å². The quantitative estimate of drug-likeness (QED) is 0.510. The highest BCUT2D eigenvalue weighted by Gasteiger charge is 2.21. The first kappa shape index (κ1) is 6.13. The summed E-state index contributed by atoms with van der Waals surface area (Å²) in [5.41, 5.74) is 5.94. The maximum absolute atomic E-state index is 10.4. The first-order valence-corrected chi connectivity index (χ1v) is 2.91. The van der Waals surface area contributed by atoms with Crippen molar-refractivity contribution in [3.05, 3.63) is 11.8 Å². The van der Waals surface area contributed by atoms with Gasteiger partial charge < -0.3 is 10.5 Å². The minimum absolute atomic E-state index is 0.169. The van der Waals surface area contributed by atoms with Crippen molar-refractivity contribution in [3.63, 3.8) is 0 Å². The number of cyclic esters (lactones) is 1. The minimum Gasteiger partial charge on any atom is -0.453 e. The molecule has 0 aliphatic carbocycles. The highest BCUT2D eigenvalue weighted by atomic mass is 16.5. The molecule has 2 N–H and O–H groups in total. The molecule has 0 radical (unpaired) electrons. The van der Waals surface area contributed by atoms with Crippen molar-refractivity contribution in [2.45, 2.75) is 19.4 Å². The molecule has 1 rings (SSSR count). The summed E-state index contributed by atoms with van der Waals surface area (Å²) in [4.78, 5) is 10.4. The zero-order valence-corrected chi connectivity index (χ0v) is 5.26. The van der Waals surface area contributed by atoms with Crippen molar-refractivity contribution in [2.24, 2.45) is 5.73 Å². The van der Waals surface area contributed by atoms with E-state index in [0.29, 0.717) is 5.70 Å². The van der Waals surface area contributed by atoms with Crippen molar-refractivity contribution in [1.82, 2.24) is 0 Å². The Hall–Kier alpha value is -0.990. The SMILES string of the molecule is CCC1OC(=O)C=C1N. The Balaban J connectivity index is 2.64. The molecule has 1 atom stereocenters. The molecule has 0 bridgehead atoms. The third-order valence-corrected chi connectivity index (χ3v) is 1.29. The van der Waals surface area contributed by atoms with E-state index >= 15 is 0 Å². The molecule has 0 aromatic rings. The summed E-state index contributed by atoms with van der Waals surface area (Å²) in [6.45, 7) is 1.92. The van der Waals surface area contributed by atoms with Crippen LogP contribution in [0.25, 0.3) is 0 Å². The van der Waals surface area contributed by atoms with Crippen LogP contribution in [0.4, 0.5) is 0 Å². The average molecular weight is 127 g/mol. The van der Waals surface area contributed by atoms with Gasteiger partial charge in [-0.05, 0) is 6.42 Å². The molecule has 0 saturated heterocycles. The van der Waals surface area contributed by atoms with Crippen LogP contribution in [0.1, 0.15) is 13.3 Å². The van der Waals surface area contributed by atoms with E-state index in [9.17, 15) is 4.79 Å². The zero-order valence-electron chi connectivity index (χ0n) is 5.26. The minimum atomic E-state index is -0.320. The number of hydrogen-bond donors (Lipinski definition) is 1. The molecule has 0 amide bonds. The summed E-state index contributed by atoms with van der Waals surface area (Å²) in [6, 6.07) is 0. The van der Waals surface area contributed by atoms with Gasteiger partial charge in [-0.3, -0.25) is 0 Å². The number of rotatable bonds is 1. The van der Waals surface area contributed by atoms with Crippen LogP contribution in [0.15, 0.2) is 11.8 Å². The molecule has 1 heterocycles. The van der Waals surface area contributed by atoms with E-state index in [4.69, 9.17) is 10.5 Å². The normalized spacial score (nSPS) is 25.7. The number of carbonyl (C=O) groups excluding carboxylic acids is 1. The molecule has 0 saturated carbocycles. The first-order valence-electron chi connectivity index (χ1n) is 2.91. The van der Waals surface area contributed by atoms with Gasteiger partial charge in [0.1, 0.15) is 6.10 Å². The first-order chi connectivity index (χ1) is 4.24. The number of nitrogens with two attached hydrogens (primary N) is 1. The third-order valence-electron chi connectivity index (χ3n) is 1.29. The maximum atomic E-state index is 10.4. The van der Waals surface area contributed by atoms with Crippen molar-refractivity contribution < 1.29 is 9.53 Å². The summed E-state index contributed by atoms with van der Waals surface area (Å²) in [6.07, 6.45) is 1.92. The van der Waals surface area contributed by atoms with Crippen LogP contribution < -0.4 is 5.73 Å². The number of ether oxygens (including phenoxy) is 1. The van der Waals surface area contributed by atoms with Crippen LogP contribution in [0, 0.1) is 0 Å². The maximum Gasteiger partial charge on any atom is 0.333 e. The molecule has 1 aliphatic rings. The largest absolute Gasteiger partial charge is 0.453 e. The fraction of sp³-hybridized carbons (Fsp3) is 0.500. The molecule has 0 fully saturated rings. The Morgan fingerprint density at radius 3 is 2.78 bits per heavy atom. The van der Waals surface area contributed by atoms with Gasteiger partial charge in [-0.25, -0.2) is 4.79 Å². The Bertz CT molecular complexity index is 162. The van der Waals surface area contributed by atoms with Gasteiger partial charge in [-0.2, -0.15) is 0 Å². The van der Waals surface area contributed by atoms with E-state index in [1.54, 1.807) is 0 Å². The molecule has 0 aromatic carbocycles. The molecule has 3 heteroatoms. The van der Waals surface area contributed by atoms with Crippen LogP contribution in [0.3, 0.4) is 0 Å². The lowest BCUT2D eigenvalue weighted by molar-refractivity contribution is -0.138. The fourth-order valence-corrected chi connectivity index (χ4v) is 0.790. The highest BCUT2D eigenvalue weighted by molar-refractivity contribution is 5.85. The molecular weight excluding hydrogens is 118 g/mol. The van der Waals surface area contributed by atoms with Gasteiger partial charge in [0.15, 0.2) is 0 Å². The standard InChI is InChI=1S/C6H9NO2/c1-2-5-4(7)3-6(8)9-5/h3,5H,2,7H2,1H3. The van der Waals surface area contributed by atoms with Gasteiger partial charge in [0.25, 0.3) is 0 Å². The summed E-state index contributed by atoms with van der Waals surface area (Å²) in [5, 5.41) is 0. The Morgan fingerprint density at radius 1 is 1.89 bits per heavy atom. The lowest BCUT2D eigenvalue weighted by atomic mass is 10.2. The topological polar surface area (TPSA) is 52.3 Å². The Morgan fingerprint density at radius 2 is 2.56 bits per heavy atom. The van der Waals surface area contributed by atoms with Crippen LogP contribution >= 0.6 is 0 Å². The Kier molecular flexibility index (Phi) is 1.42. The van der Waals surface area contributed by atoms with Crippen molar-refractivity contribution >= 4 is 5.97 Å². The summed E-state index contributed by atoms with van der Waals surface area (Å²) < 4.78 is 4.77. The Labute approximate surface area is 53.5 Å². The highest BCUT2D eigenvalue weighted by Crippen LogP contribution is 2.12. The van der Waals surface area contributed by atoms with Crippen molar-refractivity contribution in [1.29, 1.82) is 0 Å². The predicted octanol–water partition coefficient (Wildman–Crippen LogP) is 0.164. The number of hydrogen-bond acceptors (Lipinski definition) is 3. The van der Waals surface area contributed by atoms with E-state index in [2.05, 4.69) is 0 Å². The van der Waals surface area contributed by atoms with Gasteiger partial charge in [0, 0.05) is 6.08 Å². The monoisotopic (exact) mass is 127 g/mol. The fourth-order valence-electron chi connectivity index (χ4n) is 0.790. The number of esters is 1. The molecule has 9 heavy (non-hydrogen) atoms. The summed E-state index contributed by atoms with van der Waals surface area (Å²) in [7, 11) is 0. The lowest BCUT2D eigenvalue weighted by Gasteiger charge is -2.06. The summed E-state index contributed by atoms with van der Waals surface area (Å²) >= 11 is 0. The van der Waals surface area contributed by atoms with E-state index in [1.807, 2.05) is 6.92 Å². The second kappa shape index (κ2) is 2.09. The molecule has 1 aliphatic heterocycles. The molecule has 0 aromatic heterocycles. The average Bonchev–Trinajstić information content (AvgIpc) is 2.10. The van der Waals surface area contributed by atoms with Gasteiger partial charge >= 0.3 is 5.97 Å². The van der Waals surface area contributed by atoms with Gasteiger partial charge in [0.2, 0.25) is 0 Å². The smallest absolute Gasteiger partial charge is 0.333 e. The summed E-state index contributed by atoms with van der Waals surface area (Å²) in [5.74, 6) is -0.320. The third kappa shape index (κ3) is 1.04. The van der Waals surface area contributed by atoms with E-state index in [0.717, 1.165) is 6.42 Å². The van der Waals surface area contributed by atoms with Gasteiger partial charge in [0.05, 0.1) is 5.70 Å². The van der Waals surface area contributed by atoms with Crippen molar-refractivity contribution in [2.75, 3.05) is 0 Å². The second-order valence-corrected chi connectivity index (χ2v) is 1.98.